The highest BCUT2D eigenvalue weighted by Crippen LogP contribution is 2.13. The fourth-order valence-corrected chi connectivity index (χ4v) is 1.93. The van der Waals surface area contributed by atoms with E-state index in [1.807, 2.05) is 65.6 Å². The molecule has 0 saturated heterocycles. The summed E-state index contributed by atoms with van der Waals surface area (Å²) in [5, 5.41) is 8.85. The second kappa shape index (κ2) is 7.76. The Hall–Kier alpha value is -2.73. The van der Waals surface area contributed by atoms with Crippen molar-refractivity contribution < 1.29 is 9.90 Å². The highest BCUT2D eigenvalue weighted by Gasteiger charge is 2.06. The van der Waals surface area contributed by atoms with E-state index in [4.69, 9.17) is 5.11 Å². The molecular weight excluding hydrogens is 262 g/mol. The van der Waals surface area contributed by atoms with E-state index in [1.165, 1.54) is 0 Å². The van der Waals surface area contributed by atoms with Gasteiger partial charge in [-0.2, -0.15) is 0 Å². The van der Waals surface area contributed by atoms with Crippen LogP contribution in [0.25, 0.3) is 0 Å². The van der Waals surface area contributed by atoms with Gasteiger partial charge in [-0.1, -0.05) is 48.2 Å². The van der Waals surface area contributed by atoms with E-state index in [-0.39, 0.29) is 6.42 Å². The number of carboxylic acid groups (broad SMARTS) is 1. The molecule has 1 N–H and O–H groups in total. The van der Waals surface area contributed by atoms with Gasteiger partial charge in [-0.05, 0) is 24.3 Å². The third kappa shape index (κ3) is 5.04. The zero-order valence-electron chi connectivity index (χ0n) is 11.7. The Bertz CT molecular complexity index is 627. The molecule has 0 bridgehead atoms. The van der Waals surface area contributed by atoms with Gasteiger partial charge in [-0.25, -0.2) is 0 Å². The Morgan fingerprint density at radius 2 is 1.62 bits per heavy atom. The molecule has 0 radical (unpaired) electrons. The smallest absolute Gasteiger partial charge is 0.305 e. The van der Waals surface area contributed by atoms with Crippen molar-refractivity contribution in [3.8, 4) is 11.8 Å². The second-order valence-corrected chi connectivity index (χ2v) is 4.57. The number of hydrogen-bond donors (Lipinski definition) is 1. The number of benzene rings is 2. The number of rotatable bonds is 5. The van der Waals surface area contributed by atoms with Crippen LogP contribution in [0, 0.1) is 11.8 Å². The molecule has 0 aliphatic heterocycles. The van der Waals surface area contributed by atoms with Gasteiger partial charge < -0.3 is 10.0 Å². The van der Waals surface area contributed by atoms with Gasteiger partial charge in [0.25, 0.3) is 0 Å². The van der Waals surface area contributed by atoms with Crippen LogP contribution in [0.2, 0.25) is 0 Å². The molecule has 0 spiro atoms. The van der Waals surface area contributed by atoms with Crippen LogP contribution in [0.1, 0.15) is 12.0 Å². The summed E-state index contributed by atoms with van der Waals surface area (Å²) in [6, 6.07) is 19.5. The molecular formula is C18H17NO2. The number of nitrogens with zero attached hydrogens (tertiary/aromatic N) is 1. The minimum absolute atomic E-state index is 0.0991. The largest absolute Gasteiger partial charge is 0.481 e. The molecule has 0 aliphatic carbocycles. The predicted molar refractivity (Wildman–Crippen MR) is 84.2 cm³/mol. The van der Waals surface area contributed by atoms with Gasteiger partial charge in [-0.15, -0.1) is 0 Å². The van der Waals surface area contributed by atoms with Crippen molar-refractivity contribution in [1.29, 1.82) is 0 Å². The van der Waals surface area contributed by atoms with Crippen LogP contribution in [0.3, 0.4) is 0 Å². The second-order valence-electron chi connectivity index (χ2n) is 4.57. The summed E-state index contributed by atoms with van der Waals surface area (Å²) in [5.41, 5.74) is 1.95. The van der Waals surface area contributed by atoms with Crippen molar-refractivity contribution in [2.75, 3.05) is 18.0 Å². The van der Waals surface area contributed by atoms with Crippen LogP contribution < -0.4 is 4.90 Å². The molecule has 2 aromatic rings. The summed E-state index contributed by atoms with van der Waals surface area (Å²) in [4.78, 5) is 12.7. The first-order valence-corrected chi connectivity index (χ1v) is 6.81. The molecule has 3 nitrogen and oxygen atoms in total. The lowest BCUT2D eigenvalue weighted by Gasteiger charge is -2.21. The lowest BCUT2D eigenvalue weighted by molar-refractivity contribution is -0.136. The van der Waals surface area contributed by atoms with Gasteiger partial charge in [0.05, 0.1) is 13.0 Å². The lowest BCUT2D eigenvalue weighted by atomic mass is 10.2. The zero-order valence-corrected chi connectivity index (χ0v) is 11.7. The maximum Gasteiger partial charge on any atom is 0.305 e. The van der Waals surface area contributed by atoms with Gasteiger partial charge in [0.2, 0.25) is 0 Å². The van der Waals surface area contributed by atoms with Crippen molar-refractivity contribution in [2.24, 2.45) is 0 Å². The molecule has 106 valence electrons. The van der Waals surface area contributed by atoms with Crippen molar-refractivity contribution in [3.05, 3.63) is 66.2 Å². The molecule has 21 heavy (non-hydrogen) atoms. The predicted octanol–water partition coefficient (Wildman–Crippen LogP) is 3.02. The van der Waals surface area contributed by atoms with Crippen LogP contribution in [0.5, 0.6) is 0 Å². The molecule has 0 aliphatic rings. The number of carbonyl (C=O) groups is 1. The Balaban J connectivity index is 2.06. The van der Waals surface area contributed by atoms with E-state index < -0.39 is 5.97 Å². The minimum Gasteiger partial charge on any atom is -0.481 e. The molecule has 0 heterocycles. The third-order valence-electron chi connectivity index (χ3n) is 2.99. The highest BCUT2D eigenvalue weighted by atomic mass is 16.4. The normalized spacial score (nSPS) is 9.52. The average molecular weight is 279 g/mol. The Labute approximate surface area is 124 Å². The van der Waals surface area contributed by atoms with Crippen LogP contribution in [0.4, 0.5) is 5.69 Å². The van der Waals surface area contributed by atoms with Crippen LogP contribution >= 0.6 is 0 Å². The molecule has 0 unspecified atom stereocenters. The maximum absolute atomic E-state index is 10.8. The Kier molecular flexibility index (Phi) is 5.42. The van der Waals surface area contributed by atoms with Crippen LogP contribution in [-0.4, -0.2) is 24.2 Å². The Morgan fingerprint density at radius 3 is 2.24 bits per heavy atom. The summed E-state index contributed by atoms with van der Waals surface area (Å²) in [6.07, 6.45) is 0.0991. The van der Waals surface area contributed by atoms with E-state index in [0.717, 1.165) is 11.3 Å². The van der Waals surface area contributed by atoms with Crippen molar-refractivity contribution >= 4 is 11.7 Å². The van der Waals surface area contributed by atoms with Crippen LogP contribution in [0.15, 0.2) is 60.7 Å². The van der Waals surface area contributed by atoms with Crippen molar-refractivity contribution in [3.63, 3.8) is 0 Å². The molecule has 0 aromatic heterocycles. The minimum atomic E-state index is -0.799. The summed E-state index contributed by atoms with van der Waals surface area (Å²) in [7, 11) is 0. The molecule has 0 saturated carbocycles. The van der Waals surface area contributed by atoms with Crippen molar-refractivity contribution in [1.82, 2.24) is 0 Å². The van der Waals surface area contributed by atoms with Gasteiger partial charge >= 0.3 is 5.97 Å². The highest BCUT2D eigenvalue weighted by molar-refractivity contribution is 5.67. The number of anilines is 1. The SMILES string of the molecule is O=C(O)CCN(CC#Cc1ccccc1)c1ccccc1. The molecule has 0 amide bonds. The monoisotopic (exact) mass is 279 g/mol. The first kappa shape index (κ1) is 14.7. The first-order valence-electron chi connectivity index (χ1n) is 6.81. The average Bonchev–Trinajstić information content (AvgIpc) is 2.52. The lowest BCUT2D eigenvalue weighted by Crippen LogP contribution is -2.26. The van der Waals surface area contributed by atoms with Gasteiger partial charge in [-0.3, -0.25) is 4.79 Å². The maximum atomic E-state index is 10.8. The molecule has 0 fully saturated rings. The number of aliphatic carboxylic acids is 1. The van der Waals surface area contributed by atoms with E-state index in [2.05, 4.69) is 11.8 Å². The van der Waals surface area contributed by atoms with E-state index >= 15 is 0 Å². The fraction of sp³-hybridized carbons (Fsp3) is 0.167. The first-order chi connectivity index (χ1) is 10.3. The summed E-state index contributed by atoms with van der Waals surface area (Å²) in [6.45, 7) is 0.953. The standard InChI is InChI=1S/C18H17NO2/c20-18(21)13-15-19(17-11-5-2-6-12-17)14-7-10-16-8-3-1-4-9-16/h1-6,8-9,11-12H,13-15H2,(H,20,21). The van der Waals surface area contributed by atoms with E-state index in [0.29, 0.717) is 13.1 Å². The number of para-hydroxylation sites is 1. The zero-order chi connectivity index (χ0) is 14.9. The molecule has 3 heteroatoms. The van der Waals surface area contributed by atoms with E-state index in [1.54, 1.807) is 0 Å². The fourth-order valence-electron chi connectivity index (χ4n) is 1.93. The quantitative estimate of drug-likeness (QED) is 0.855. The van der Waals surface area contributed by atoms with E-state index in [9.17, 15) is 4.79 Å². The van der Waals surface area contributed by atoms with Gasteiger partial charge in [0.1, 0.15) is 0 Å². The Morgan fingerprint density at radius 1 is 1.00 bits per heavy atom. The number of carboxylic acids is 1. The third-order valence-corrected chi connectivity index (χ3v) is 2.99. The molecule has 2 rings (SSSR count). The van der Waals surface area contributed by atoms with Gasteiger partial charge in [0.15, 0.2) is 0 Å². The van der Waals surface area contributed by atoms with Gasteiger partial charge in [0, 0.05) is 17.8 Å². The summed E-state index contributed by atoms with van der Waals surface area (Å²) >= 11 is 0. The summed E-state index contributed by atoms with van der Waals surface area (Å²) < 4.78 is 0. The number of hydrogen-bond acceptors (Lipinski definition) is 2. The van der Waals surface area contributed by atoms with Crippen LogP contribution in [-0.2, 0) is 4.79 Å². The molecule has 2 aromatic carbocycles. The summed E-state index contributed by atoms with van der Waals surface area (Å²) in [5.74, 6) is 5.40. The topological polar surface area (TPSA) is 40.5 Å². The van der Waals surface area contributed by atoms with Crippen molar-refractivity contribution in [2.45, 2.75) is 6.42 Å². The molecule has 0 atom stereocenters.